The van der Waals surface area contributed by atoms with Crippen LogP contribution in [0.25, 0.3) is 0 Å². The summed E-state index contributed by atoms with van der Waals surface area (Å²) in [6.07, 6.45) is 0.804. The van der Waals surface area contributed by atoms with Gasteiger partial charge in [-0.2, -0.15) is 0 Å². The molecule has 0 heterocycles. The monoisotopic (exact) mass is 303 g/mol. The van der Waals surface area contributed by atoms with Crippen molar-refractivity contribution in [2.45, 2.75) is 6.42 Å². The summed E-state index contributed by atoms with van der Waals surface area (Å²) >= 11 is 0. The van der Waals surface area contributed by atoms with E-state index in [0.717, 1.165) is 6.26 Å². The van der Waals surface area contributed by atoms with Crippen molar-refractivity contribution in [3.8, 4) is 0 Å². The molecule has 18 heavy (non-hydrogen) atoms. The lowest BCUT2D eigenvalue weighted by Crippen LogP contribution is -2.32. The van der Waals surface area contributed by atoms with E-state index in [4.69, 9.17) is 9.84 Å². The highest BCUT2D eigenvalue weighted by Gasteiger charge is 2.13. The third kappa shape index (κ3) is 11.8. The van der Waals surface area contributed by atoms with Gasteiger partial charge < -0.3 is 9.84 Å². The van der Waals surface area contributed by atoms with E-state index >= 15 is 0 Å². The van der Waals surface area contributed by atoms with Crippen LogP contribution < -0.4 is 4.72 Å². The molecular weight excluding hydrogens is 286 g/mol. The van der Waals surface area contributed by atoms with Crippen molar-refractivity contribution in [1.82, 2.24) is 4.72 Å². The normalized spacial score (nSPS) is 12.5. The Morgan fingerprint density at radius 3 is 2.28 bits per heavy atom. The highest BCUT2D eigenvalue weighted by molar-refractivity contribution is 7.93. The van der Waals surface area contributed by atoms with E-state index in [1.165, 1.54) is 0 Å². The van der Waals surface area contributed by atoms with Gasteiger partial charge in [0.05, 0.1) is 31.1 Å². The van der Waals surface area contributed by atoms with E-state index in [-0.39, 0.29) is 26.2 Å². The largest absolute Gasteiger partial charge is 0.481 e. The molecule has 8 nitrogen and oxygen atoms in total. The van der Waals surface area contributed by atoms with Crippen LogP contribution in [0.15, 0.2) is 0 Å². The molecule has 0 amide bonds. The predicted molar refractivity (Wildman–Crippen MR) is 64.6 cm³/mol. The van der Waals surface area contributed by atoms with Gasteiger partial charge >= 0.3 is 5.97 Å². The van der Waals surface area contributed by atoms with Gasteiger partial charge in [-0.15, -0.1) is 0 Å². The summed E-state index contributed by atoms with van der Waals surface area (Å²) in [6, 6.07) is 0. The van der Waals surface area contributed by atoms with Crippen molar-refractivity contribution >= 4 is 25.8 Å². The minimum atomic E-state index is -3.64. The van der Waals surface area contributed by atoms with Crippen LogP contribution in [0.2, 0.25) is 0 Å². The molecule has 0 fully saturated rings. The summed E-state index contributed by atoms with van der Waals surface area (Å²) in [6.45, 7) is 0.0114. The average Bonchev–Trinajstić information content (AvgIpc) is 2.19. The van der Waals surface area contributed by atoms with Gasteiger partial charge in [0.25, 0.3) is 0 Å². The number of carboxylic acids is 1. The summed E-state index contributed by atoms with van der Waals surface area (Å²) in [5.41, 5.74) is 0. The quantitative estimate of drug-likeness (QED) is 0.467. The molecule has 108 valence electrons. The fraction of sp³-hybridized carbons (Fsp3) is 0.875. The number of carbonyl (C=O) groups is 1. The molecule has 10 heteroatoms. The Morgan fingerprint density at radius 1 is 1.17 bits per heavy atom. The van der Waals surface area contributed by atoms with Gasteiger partial charge in [-0.05, 0) is 0 Å². The molecule has 0 aromatic heterocycles. The SMILES string of the molecule is CS(=O)(=O)CCS(=O)(=O)NCCOCCC(=O)O. The van der Waals surface area contributed by atoms with Crippen molar-refractivity contribution < 1.29 is 31.5 Å². The average molecular weight is 303 g/mol. The van der Waals surface area contributed by atoms with E-state index < -0.39 is 37.3 Å². The van der Waals surface area contributed by atoms with Crippen LogP contribution in [0.5, 0.6) is 0 Å². The maximum atomic E-state index is 11.3. The number of hydrogen-bond donors (Lipinski definition) is 2. The number of hydrogen-bond acceptors (Lipinski definition) is 6. The van der Waals surface area contributed by atoms with Crippen molar-refractivity contribution in [3.05, 3.63) is 0 Å². The van der Waals surface area contributed by atoms with Gasteiger partial charge in [0.1, 0.15) is 9.84 Å². The first-order chi connectivity index (χ1) is 8.12. The van der Waals surface area contributed by atoms with E-state index in [9.17, 15) is 21.6 Å². The van der Waals surface area contributed by atoms with Gasteiger partial charge in [-0.25, -0.2) is 21.6 Å². The van der Waals surface area contributed by atoms with Crippen LogP contribution in [0.3, 0.4) is 0 Å². The molecular formula is C8H17NO7S2. The van der Waals surface area contributed by atoms with Crippen LogP contribution in [0.1, 0.15) is 6.42 Å². The van der Waals surface area contributed by atoms with Crippen molar-refractivity contribution in [3.63, 3.8) is 0 Å². The second-order valence-electron chi connectivity index (χ2n) is 3.60. The number of nitrogens with one attached hydrogen (secondary N) is 1. The van der Waals surface area contributed by atoms with Crippen molar-refractivity contribution in [1.29, 1.82) is 0 Å². The summed E-state index contributed by atoms with van der Waals surface area (Å²) in [4.78, 5) is 10.1. The van der Waals surface area contributed by atoms with Crippen LogP contribution in [-0.4, -0.2) is 65.4 Å². The Bertz CT molecular complexity index is 454. The third-order valence-corrected chi connectivity index (χ3v) is 4.34. The van der Waals surface area contributed by atoms with Gasteiger partial charge in [0.15, 0.2) is 0 Å². The Balaban J connectivity index is 3.75. The van der Waals surface area contributed by atoms with E-state index in [0.29, 0.717) is 0 Å². The Kier molecular flexibility index (Phi) is 7.36. The lowest BCUT2D eigenvalue weighted by Gasteiger charge is -2.06. The highest BCUT2D eigenvalue weighted by Crippen LogP contribution is 1.90. The molecule has 0 rings (SSSR count). The lowest BCUT2D eigenvalue weighted by atomic mass is 10.5. The first kappa shape index (κ1) is 17.3. The molecule has 0 aliphatic heterocycles. The predicted octanol–water partition coefficient (Wildman–Crippen LogP) is -1.56. The topological polar surface area (TPSA) is 127 Å². The van der Waals surface area contributed by atoms with Gasteiger partial charge in [0.2, 0.25) is 10.0 Å². The molecule has 0 bridgehead atoms. The first-order valence-corrected chi connectivity index (χ1v) is 8.78. The van der Waals surface area contributed by atoms with Crippen LogP contribution in [0.4, 0.5) is 0 Å². The number of ether oxygens (including phenoxy) is 1. The Morgan fingerprint density at radius 2 is 1.78 bits per heavy atom. The molecule has 0 aromatic carbocycles. The molecule has 0 aliphatic carbocycles. The zero-order chi connectivity index (χ0) is 14.2. The first-order valence-electron chi connectivity index (χ1n) is 5.07. The molecule has 2 N–H and O–H groups in total. The van der Waals surface area contributed by atoms with E-state index in [1.807, 2.05) is 0 Å². The summed E-state index contributed by atoms with van der Waals surface area (Å²) in [5.74, 6) is -1.94. The summed E-state index contributed by atoms with van der Waals surface area (Å²) in [5, 5.41) is 8.30. The lowest BCUT2D eigenvalue weighted by molar-refractivity contribution is -0.138. The number of aliphatic carboxylic acids is 1. The number of sulfonamides is 1. The Hall–Kier alpha value is -0.710. The maximum Gasteiger partial charge on any atom is 0.305 e. The molecule has 0 saturated heterocycles. The van der Waals surface area contributed by atoms with Gasteiger partial charge in [-0.3, -0.25) is 4.79 Å². The van der Waals surface area contributed by atoms with Crippen LogP contribution in [0, 0.1) is 0 Å². The van der Waals surface area contributed by atoms with Gasteiger partial charge in [0, 0.05) is 12.8 Å². The smallest absolute Gasteiger partial charge is 0.305 e. The molecule has 0 radical (unpaired) electrons. The Labute approximate surface area is 106 Å². The fourth-order valence-corrected chi connectivity index (χ4v) is 3.49. The maximum absolute atomic E-state index is 11.3. The number of carboxylic acid groups (broad SMARTS) is 1. The minimum Gasteiger partial charge on any atom is -0.481 e. The molecule has 0 unspecified atom stereocenters. The van der Waals surface area contributed by atoms with Crippen LogP contribution in [-0.2, 0) is 29.4 Å². The molecule has 0 atom stereocenters. The highest BCUT2D eigenvalue weighted by atomic mass is 32.2. The second-order valence-corrected chi connectivity index (χ2v) is 7.79. The van der Waals surface area contributed by atoms with E-state index in [2.05, 4.69) is 4.72 Å². The van der Waals surface area contributed by atoms with Gasteiger partial charge in [-0.1, -0.05) is 0 Å². The van der Waals surface area contributed by atoms with Crippen LogP contribution >= 0.6 is 0 Å². The molecule has 0 saturated carbocycles. The number of sulfone groups is 1. The molecule has 0 spiro atoms. The standard InChI is InChI=1S/C8H17NO7S2/c1-17(12,13)6-7-18(14,15)9-3-5-16-4-2-8(10)11/h9H,2-7H2,1H3,(H,10,11). The summed E-state index contributed by atoms with van der Waals surface area (Å²) < 4.78 is 51.2. The third-order valence-electron chi connectivity index (χ3n) is 1.75. The molecule has 0 aromatic rings. The number of rotatable bonds is 10. The van der Waals surface area contributed by atoms with E-state index in [1.54, 1.807) is 0 Å². The molecule has 0 aliphatic rings. The van der Waals surface area contributed by atoms with Crippen molar-refractivity contribution in [2.24, 2.45) is 0 Å². The second kappa shape index (κ2) is 7.67. The zero-order valence-corrected chi connectivity index (χ0v) is 11.6. The zero-order valence-electron chi connectivity index (χ0n) is 9.96. The van der Waals surface area contributed by atoms with Crippen molar-refractivity contribution in [2.75, 3.05) is 37.5 Å². The summed E-state index contributed by atoms with van der Waals surface area (Å²) in [7, 11) is -6.97. The fourth-order valence-electron chi connectivity index (χ4n) is 0.864. The minimum absolute atomic E-state index is 0.000397.